The second-order valence-electron chi connectivity index (χ2n) is 6.62. The molecule has 2 aromatic rings. The van der Waals surface area contributed by atoms with Crippen LogP contribution in [0.3, 0.4) is 0 Å². The first-order chi connectivity index (χ1) is 14.9. The molecule has 1 aromatic carbocycles. The Morgan fingerprint density at radius 3 is 2.13 bits per heavy atom. The van der Waals surface area contributed by atoms with Crippen molar-refractivity contribution in [1.82, 2.24) is 0 Å². The van der Waals surface area contributed by atoms with Crippen molar-refractivity contribution in [3.8, 4) is 17.2 Å². The predicted molar refractivity (Wildman–Crippen MR) is 113 cm³/mol. The maximum absolute atomic E-state index is 13.0. The lowest BCUT2D eigenvalue weighted by atomic mass is 9.99. The zero-order valence-electron chi connectivity index (χ0n) is 17.8. The molecule has 0 unspecified atom stereocenters. The minimum atomic E-state index is -0.631. The topological polar surface area (TPSA) is 109 Å². The highest BCUT2D eigenvalue weighted by molar-refractivity contribution is 7.17. The molecule has 0 fully saturated rings. The number of rotatable bonds is 7. The molecule has 1 N–H and O–H groups in total. The van der Waals surface area contributed by atoms with E-state index in [4.69, 9.17) is 23.7 Å². The second kappa shape index (κ2) is 9.25. The third-order valence-electron chi connectivity index (χ3n) is 5.06. The molecule has 0 saturated carbocycles. The predicted octanol–water partition coefficient (Wildman–Crippen LogP) is 3.02. The summed E-state index contributed by atoms with van der Waals surface area (Å²) in [6, 6.07) is 3.01. The van der Waals surface area contributed by atoms with Gasteiger partial charge in [0.25, 0.3) is 5.91 Å². The molecule has 166 valence electrons. The van der Waals surface area contributed by atoms with Gasteiger partial charge in [-0.2, -0.15) is 0 Å². The van der Waals surface area contributed by atoms with Crippen LogP contribution in [0.2, 0.25) is 0 Å². The number of esters is 2. The second-order valence-corrected chi connectivity index (χ2v) is 7.72. The summed E-state index contributed by atoms with van der Waals surface area (Å²) in [5, 5.41) is 3.07. The number of methoxy groups -OCH3 is 5. The van der Waals surface area contributed by atoms with Gasteiger partial charge in [-0.1, -0.05) is 0 Å². The van der Waals surface area contributed by atoms with Crippen LogP contribution in [-0.4, -0.2) is 53.4 Å². The summed E-state index contributed by atoms with van der Waals surface area (Å²) in [4.78, 5) is 38.6. The minimum Gasteiger partial charge on any atom is -0.493 e. The average molecular weight is 449 g/mol. The normalized spacial score (nSPS) is 14.4. The van der Waals surface area contributed by atoms with Gasteiger partial charge in [-0.3, -0.25) is 9.59 Å². The highest BCUT2D eigenvalue weighted by Gasteiger charge is 2.38. The molecule has 1 aromatic heterocycles. The van der Waals surface area contributed by atoms with E-state index < -0.39 is 23.8 Å². The van der Waals surface area contributed by atoms with Gasteiger partial charge in [0.1, 0.15) is 5.00 Å². The quantitative estimate of drug-likeness (QED) is 0.643. The molecule has 1 heterocycles. The van der Waals surface area contributed by atoms with Crippen molar-refractivity contribution in [3.05, 3.63) is 33.7 Å². The number of fused-ring (bicyclic) bond motifs is 1. The van der Waals surface area contributed by atoms with Crippen molar-refractivity contribution in [2.24, 2.45) is 0 Å². The van der Waals surface area contributed by atoms with Crippen molar-refractivity contribution in [2.75, 3.05) is 40.9 Å². The van der Waals surface area contributed by atoms with Gasteiger partial charge < -0.3 is 29.0 Å². The Labute approximate surface area is 183 Å². The van der Waals surface area contributed by atoms with E-state index in [0.29, 0.717) is 40.7 Å². The molecular formula is C21H23NO8S. The van der Waals surface area contributed by atoms with Gasteiger partial charge in [-0.05, 0) is 30.5 Å². The summed E-state index contributed by atoms with van der Waals surface area (Å²) in [7, 11) is 6.92. The number of amides is 1. The molecular weight excluding hydrogens is 426 g/mol. The Hall–Kier alpha value is -3.27. The lowest BCUT2D eigenvalue weighted by Crippen LogP contribution is -2.18. The number of nitrogens with one attached hydrogen (secondary N) is 1. The number of anilines is 1. The molecule has 0 radical (unpaired) electrons. The van der Waals surface area contributed by atoms with Crippen molar-refractivity contribution < 1.29 is 38.1 Å². The van der Waals surface area contributed by atoms with Crippen LogP contribution in [0.4, 0.5) is 5.00 Å². The van der Waals surface area contributed by atoms with Gasteiger partial charge in [0.2, 0.25) is 5.75 Å². The molecule has 10 heteroatoms. The van der Waals surface area contributed by atoms with Crippen LogP contribution in [0.25, 0.3) is 0 Å². The van der Waals surface area contributed by atoms with E-state index in [1.807, 2.05) is 0 Å². The zero-order valence-corrected chi connectivity index (χ0v) is 18.6. The zero-order chi connectivity index (χ0) is 22.7. The fourth-order valence-electron chi connectivity index (χ4n) is 3.62. The van der Waals surface area contributed by atoms with Gasteiger partial charge in [0, 0.05) is 10.4 Å². The van der Waals surface area contributed by atoms with Crippen molar-refractivity contribution in [3.63, 3.8) is 0 Å². The van der Waals surface area contributed by atoms with E-state index >= 15 is 0 Å². The standard InChI is InChI=1S/C21H23NO8S/c1-26-12-8-10(9-13(27-2)17(12)28-3)18(23)22-19-16(21(25)30-5)15-11(20(24)29-4)6-7-14(15)31-19/h8-9,11H,6-7H2,1-5H3,(H,22,23)/t11-/m1/s1. The molecule has 1 atom stereocenters. The Morgan fingerprint density at radius 1 is 0.968 bits per heavy atom. The summed E-state index contributed by atoms with van der Waals surface area (Å²) in [5.41, 5.74) is 0.975. The van der Waals surface area contributed by atoms with Crippen molar-refractivity contribution in [2.45, 2.75) is 18.8 Å². The number of carbonyl (C=O) groups excluding carboxylic acids is 3. The first-order valence-electron chi connectivity index (χ1n) is 9.33. The Morgan fingerprint density at radius 2 is 1.61 bits per heavy atom. The molecule has 31 heavy (non-hydrogen) atoms. The SMILES string of the molecule is COC(=O)c1c(NC(=O)c2cc(OC)c(OC)c(OC)c2)sc2c1[C@H](C(=O)OC)CC2. The van der Waals surface area contributed by atoms with Gasteiger partial charge in [-0.25, -0.2) is 4.79 Å². The Kier molecular flexibility index (Phi) is 6.69. The maximum Gasteiger partial charge on any atom is 0.341 e. The molecule has 1 aliphatic carbocycles. The fourth-order valence-corrected chi connectivity index (χ4v) is 4.88. The smallest absolute Gasteiger partial charge is 0.341 e. The van der Waals surface area contributed by atoms with Gasteiger partial charge in [0.15, 0.2) is 11.5 Å². The lowest BCUT2D eigenvalue weighted by Gasteiger charge is -2.14. The first kappa shape index (κ1) is 22.4. The third kappa shape index (κ3) is 4.02. The lowest BCUT2D eigenvalue weighted by molar-refractivity contribution is -0.142. The van der Waals surface area contributed by atoms with E-state index in [-0.39, 0.29) is 11.1 Å². The van der Waals surface area contributed by atoms with Crippen LogP contribution in [0.1, 0.15) is 43.5 Å². The number of hydrogen-bond donors (Lipinski definition) is 1. The molecule has 3 rings (SSSR count). The van der Waals surface area contributed by atoms with Crippen LogP contribution in [0.5, 0.6) is 17.2 Å². The van der Waals surface area contributed by atoms with Gasteiger partial charge >= 0.3 is 11.9 Å². The molecule has 0 aliphatic heterocycles. The molecule has 9 nitrogen and oxygen atoms in total. The van der Waals surface area contributed by atoms with E-state index in [2.05, 4.69) is 5.32 Å². The largest absolute Gasteiger partial charge is 0.493 e. The maximum atomic E-state index is 13.0. The molecule has 0 spiro atoms. The summed E-state index contributed by atoms with van der Waals surface area (Å²) < 4.78 is 25.7. The van der Waals surface area contributed by atoms with E-state index in [0.717, 1.165) is 4.88 Å². The number of thiophene rings is 1. The molecule has 1 aliphatic rings. The summed E-state index contributed by atoms with van der Waals surface area (Å²) in [6.07, 6.45) is 1.14. The van der Waals surface area contributed by atoms with Gasteiger partial charge in [-0.15, -0.1) is 11.3 Å². The summed E-state index contributed by atoms with van der Waals surface area (Å²) in [6.45, 7) is 0. The highest BCUT2D eigenvalue weighted by Crippen LogP contribution is 2.46. The minimum absolute atomic E-state index is 0.177. The number of aryl methyl sites for hydroxylation is 1. The average Bonchev–Trinajstić information content (AvgIpc) is 3.35. The van der Waals surface area contributed by atoms with Crippen molar-refractivity contribution >= 4 is 34.2 Å². The van der Waals surface area contributed by atoms with E-state index in [9.17, 15) is 14.4 Å². The summed E-state index contributed by atoms with van der Waals surface area (Å²) in [5.74, 6) is -1.12. The first-order valence-corrected chi connectivity index (χ1v) is 10.1. The number of hydrogen-bond acceptors (Lipinski definition) is 9. The molecule has 1 amide bonds. The summed E-state index contributed by atoms with van der Waals surface area (Å²) >= 11 is 1.25. The van der Waals surface area contributed by atoms with Crippen LogP contribution in [0.15, 0.2) is 12.1 Å². The van der Waals surface area contributed by atoms with Crippen LogP contribution < -0.4 is 19.5 Å². The Balaban J connectivity index is 2.01. The number of benzene rings is 1. The molecule has 0 bridgehead atoms. The highest BCUT2D eigenvalue weighted by atomic mass is 32.1. The van der Waals surface area contributed by atoms with Crippen molar-refractivity contribution in [1.29, 1.82) is 0 Å². The molecule has 0 saturated heterocycles. The van der Waals surface area contributed by atoms with Crippen LogP contribution in [0, 0.1) is 0 Å². The van der Waals surface area contributed by atoms with E-state index in [1.54, 1.807) is 0 Å². The third-order valence-corrected chi connectivity index (χ3v) is 6.24. The number of carbonyl (C=O) groups is 3. The van der Waals surface area contributed by atoms with Crippen LogP contribution in [-0.2, 0) is 20.7 Å². The van der Waals surface area contributed by atoms with Gasteiger partial charge in [0.05, 0.1) is 47.0 Å². The fraction of sp³-hybridized carbons (Fsp3) is 0.381. The van der Waals surface area contributed by atoms with E-state index in [1.165, 1.54) is 59.0 Å². The van der Waals surface area contributed by atoms with Crippen LogP contribution >= 0.6 is 11.3 Å². The monoisotopic (exact) mass is 449 g/mol. The number of ether oxygens (including phenoxy) is 5. The Bertz CT molecular complexity index is 1000.